The summed E-state index contributed by atoms with van der Waals surface area (Å²) in [7, 11) is 0. The van der Waals surface area contributed by atoms with Crippen LogP contribution in [-0.2, 0) is 0 Å². The Morgan fingerprint density at radius 3 is 2.47 bits per heavy atom. The lowest BCUT2D eigenvalue weighted by molar-refractivity contribution is 0.172. The molecule has 0 heterocycles. The number of hydrogen-bond acceptors (Lipinski definition) is 3. The highest BCUT2D eigenvalue weighted by Crippen LogP contribution is 2.24. The maximum atomic E-state index is 9.74. The largest absolute Gasteiger partial charge is 0.491 e. The summed E-state index contributed by atoms with van der Waals surface area (Å²) in [4.78, 5) is 0. The molecule has 1 aromatic rings. The molecule has 0 bridgehead atoms. The van der Waals surface area contributed by atoms with Gasteiger partial charge in [-0.05, 0) is 57.4 Å². The molecule has 3 nitrogen and oxygen atoms in total. The van der Waals surface area contributed by atoms with Crippen molar-refractivity contribution in [1.82, 2.24) is 0 Å². The fourth-order valence-electron chi connectivity index (χ4n) is 2.22. The molecule has 2 atom stereocenters. The fourth-order valence-corrected chi connectivity index (χ4v) is 2.22. The normalized spacial score (nSPS) is 24.0. The fraction of sp³-hybridized carbons (Fsp3) is 0.571. The number of anilines is 1. The summed E-state index contributed by atoms with van der Waals surface area (Å²) in [6.45, 7) is 4.03. The summed E-state index contributed by atoms with van der Waals surface area (Å²) in [6.07, 6.45) is 3.05. The van der Waals surface area contributed by atoms with E-state index in [1.807, 2.05) is 38.1 Å². The third-order valence-electron chi connectivity index (χ3n) is 3.06. The van der Waals surface area contributed by atoms with Crippen molar-refractivity contribution in [3.8, 4) is 5.75 Å². The van der Waals surface area contributed by atoms with E-state index in [0.29, 0.717) is 0 Å². The zero-order valence-corrected chi connectivity index (χ0v) is 10.5. The quantitative estimate of drug-likeness (QED) is 0.843. The molecule has 0 spiro atoms. The van der Waals surface area contributed by atoms with Crippen LogP contribution in [0.3, 0.4) is 0 Å². The van der Waals surface area contributed by atoms with Crippen LogP contribution in [0.25, 0.3) is 0 Å². The second-order valence-electron chi connectivity index (χ2n) is 4.94. The van der Waals surface area contributed by atoms with Crippen molar-refractivity contribution in [2.75, 3.05) is 5.32 Å². The average molecular weight is 235 g/mol. The molecule has 0 amide bonds. The number of nitrogens with one attached hydrogen (secondary N) is 1. The van der Waals surface area contributed by atoms with Crippen LogP contribution in [-0.4, -0.2) is 23.4 Å². The van der Waals surface area contributed by atoms with Crippen molar-refractivity contribution in [3.63, 3.8) is 0 Å². The van der Waals surface area contributed by atoms with Gasteiger partial charge in [0.1, 0.15) is 5.75 Å². The van der Waals surface area contributed by atoms with Crippen LogP contribution >= 0.6 is 0 Å². The molecule has 0 aromatic heterocycles. The number of ether oxygens (including phenoxy) is 1. The van der Waals surface area contributed by atoms with E-state index >= 15 is 0 Å². The van der Waals surface area contributed by atoms with Crippen molar-refractivity contribution < 1.29 is 9.84 Å². The molecule has 1 fully saturated rings. The SMILES string of the molecule is CC(C)Oc1ccc(N[C@H]2CCC[C@@H]2O)cc1. The highest BCUT2D eigenvalue weighted by molar-refractivity contribution is 5.47. The molecule has 2 N–H and O–H groups in total. The van der Waals surface area contributed by atoms with Crippen LogP contribution in [0.4, 0.5) is 5.69 Å². The van der Waals surface area contributed by atoms with Gasteiger partial charge >= 0.3 is 0 Å². The molecule has 3 heteroatoms. The molecule has 1 aliphatic rings. The standard InChI is InChI=1S/C14H21NO2/c1-10(2)17-12-8-6-11(7-9-12)15-13-4-3-5-14(13)16/h6-10,13-16H,3-5H2,1-2H3/t13-,14-/m0/s1. The van der Waals surface area contributed by atoms with Gasteiger partial charge in [0.25, 0.3) is 0 Å². The highest BCUT2D eigenvalue weighted by atomic mass is 16.5. The Balaban J connectivity index is 1.93. The summed E-state index contributed by atoms with van der Waals surface area (Å²) in [5, 5.41) is 13.1. The summed E-state index contributed by atoms with van der Waals surface area (Å²) in [6, 6.07) is 8.13. The highest BCUT2D eigenvalue weighted by Gasteiger charge is 2.24. The van der Waals surface area contributed by atoms with Gasteiger partial charge in [-0.2, -0.15) is 0 Å². The van der Waals surface area contributed by atoms with E-state index in [-0.39, 0.29) is 18.2 Å². The van der Waals surface area contributed by atoms with Crippen molar-refractivity contribution in [2.45, 2.75) is 51.4 Å². The van der Waals surface area contributed by atoms with Gasteiger partial charge in [-0.3, -0.25) is 0 Å². The van der Waals surface area contributed by atoms with E-state index in [0.717, 1.165) is 30.7 Å². The lowest BCUT2D eigenvalue weighted by Gasteiger charge is -2.18. The number of hydrogen-bond donors (Lipinski definition) is 2. The lowest BCUT2D eigenvalue weighted by Crippen LogP contribution is -2.27. The van der Waals surface area contributed by atoms with Gasteiger partial charge in [-0.25, -0.2) is 0 Å². The topological polar surface area (TPSA) is 41.5 Å². The molecule has 1 aliphatic carbocycles. The Hall–Kier alpha value is -1.22. The molecule has 1 aromatic carbocycles. The first-order valence-electron chi connectivity index (χ1n) is 6.36. The van der Waals surface area contributed by atoms with Crippen molar-refractivity contribution in [3.05, 3.63) is 24.3 Å². The third-order valence-corrected chi connectivity index (χ3v) is 3.06. The molecule has 2 rings (SSSR count). The lowest BCUT2D eigenvalue weighted by atomic mass is 10.2. The molecule has 0 saturated heterocycles. The number of benzene rings is 1. The van der Waals surface area contributed by atoms with Gasteiger partial charge in [0.15, 0.2) is 0 Å². The van der Waals surface area contributed by atoms with E-state index in [9.17, 15) is 5.11 Å². The third kappa shape index (κ3) is 3.37. The van der Waals surface area contributed by atoms with Crippen molar-refractivity contribution in [1.29, 1.82) is 0 Å². The summed E-state index contributed by atoms with van der Waals surface area (Å²) < 4.78 is 5.58. The molecule has 1 saturated carbocycles. The average Bonchev–Trinajstić information content (AvgIpc) is 2.67. The maximum absolute atomic E-state index is 9.74. The van der Waals surface area contributed by atoms with Gasteiger partial charge in [0.2, 0.25) is 0 Å². The number of aliphatic hydroxyl groups excluding tert-OH is 1. The summed E-state index contributed by atoms with van der Waals surface area (Å²) >= 11 is 0. The monoisotopic (exact) mass is 235 g/mol. The summed E-state index contributed by atoms with van der Waals surface area (Å²) in [5.74, 6) is 0.887. The predicted molar refractivity (Wildman–Crippen MR) is 69.5 cm³/mol. The Morgan fingerprint density at radius 1 is 1.24 bits per heavy atom. The molecule has 0 aliphatic heterocycles. The minimum Gasteiger partial charge on any atom is -0.491 e. The first kappa shape index (κ1) is 12.2. The van der Waals surface area contributed by atoms with Gasteiger partial charge in [0.05, 0.1) is 18.2 Å². The van der Waals surface area contributed by atoms with Gasteiger partial charge < -0.3 is 15.2 Å². The Labute approximate surface area is 103 Å². The van der Waals surface area contributed by atoms with Crippen molar-refractivity contribution in [2.24, 2.45) is 0 Å². The van der Waals surface area contributed by atoms with Gasteiger partial charge in [-0.1, -0.05) is 0 Å². The van der Waals surface area contributed by atoms with E-state index < -0.39 is 0 Å². The van der Waals surface area contributed by atoms with E-state index in [4.69, 9.17) is 4.74 Å². The Morgan fingerprint density at radius 2 is 1.94 bits per heavy atom. The zero-order chi connectivity index (χ0) is 12.3. The van der Waals surface area contributed by atoms with Crippen LogP contribution < -0.4 is 10.1 Å². The first-order chi connectivity index (χ1) is 8.15. The molecule has 17 heavy (non-hydrogen) atoms. The maximum Gasteiger partial charge on any atom is 0.119 e. The summed E-state index contributed by atoms with van der Waals surface area (Å²) in [5.41, 5.74) is 1.05. The number of aliphatic hydroxyl groups is 1. The minimum atomic E-state index is -0.207. The Bertz CT molecular complexity index is 348. The van der Waals surface area contributed by atoms with Crippen molar-refractivity contribution >= 4 is 5.69 Å². The number of rotatable bonds is 4. The molecular formula is C14H21NO2. The second-order valence-corrected chi connectivity index (χ2v) is 4.94. The van der Waals surface area contributed by atoms with Gasteiger partial charge in [0, 0.05) is 5.69 Å². The van der Waals surface area contributed by atoms with E-state index in [1.165, 1.54) is 0 Å². The molecular weight excluding hydrogens is 214 g/mol. The van der Waals surface area contributed by atoms with Crippen LogP contribution in [0.15, 0.2) is 24.3 Å². The molecule has 0 radical (unpaired) electrons. The van der Waals surface area contributed by atoms with Gasteiger partial charge in [-0.15, -0.1) is 0 Å². The smallest absolute Gasteiger partial charge is 0.119 e. The predicted octanol–water partition coefficient (Wildman–Crippen LogP) is 2.80. The molecule has 94 valence electrons. The van der Waals surface area contributed by atoms with E-state index in [2.05, 4.69) is 5.32 Å². The van der Waals surface area contributed by atoms with Crippen LogP contribution in [0.1, 0.15) is 33.1 Å². The zero-order valence-electron chi connectivity index (χ0n) is 10.5. The van der Waals surface area contributed by atoms with Crippen LogP contribution in [0, 0.1) is 0 Å². The van der Waals surface area contributed by atoms with E-state index in [1.54, 1.807) is 0 Å². The Kier molecular flexibility index (Phi) is 3.89. The van der Waals surface area contributed by atoms with Crippen LogP contribution in [0.2, 0.25) is 0 Å². The molecule has 0 unspecified atom stereocenters. The minimum absolute atomic E-state index is 0.200. The second kappa shape index (κ2) is 5.41. The first-order valence-corrected chi connectivity index (χ1v) is 6.36. The van der Waals surface area contributed by atoms with Crippen LogP contribution in [0.5, 0.6) is 5.75 Å².